The van der Waals surface area contributed by atoms with Gasteiger partial charge in [0.2, 0.25) is 0 Å². The SMILES string of the molecule is CCc1ccc(/C(O)=C2/C(=O)C(=O)N(c3ccc(OCC(C)C)cc3)C2c2cccc(O)c2)cc1. The number of aliphatic hydroxyl groups excluding tert-OH is 1. The van der Waals surface area contributed by atoms with Gasteiger partial charge in [-0.25, -0.2) is 0 Å². The molecule has 6 nitrogen and oxygen atoms in total. The van der Waals surface area contributed by atoms with E-state index >= 15 is 0 Å². The lowest BCUT2D eigenvalue weighted by atomic mass is 9.94. The van der Waals surface area contributed by atoms with Crippen LogP contribution in [-0.4, -0.2) is 28.5 Å². The summed E-state index contributed by atoms with van der Waals surface area (Å²) in [6.07, 6.45) is 0.839. The second kappa shape index (κ2) is 10.1. The van der Waals surface area contributed by atoms with Gasteiger partial charge in [0.1, 0.15) is 17.3 Å². The fourth-order valence-electron chi connectivity index (χ4n) is 4.13. The minimum atomic E-state index is -0.907. The number of phenols is 1. The maximum atomic E-state index is 13.3. The largest absolute Gasteiger partial charge is 0.508 e. The molecule has 1 heterocycles. The van der Waals surface area contributed by atoms with Crippen LogP contribution in [-0.2, 0) is 16.0 Å². The fraction of sp³-hybridized carbons (Fsp3) is 0.241. The van der Waals surface area contributed by atoms with Crippen molar-refractivity contribution in [2.45, 2.75) is 33.2 Å². The van der Waals surface area contributed by atoms with E-state index < -0.39 is 17.7 Å². The van der Waals surface area contributed by atoms with Crippen LogP contribution in [0.2, 0.25) is 0 Å². The number of Topliss-reactive ketones (excluding diaryl/α,β-unsaturated/α-hetero) is 1. The number of benzene rings is 3. The summed E-state index contributed by atoms with van der Waals surface area (Å²) in [6.45, 7) is 6.70. The zero-order valence-corrected chi connectivity index (χ0v) is 20.1. The van der Waals surface area contributed by atoms with Crippen LogP contribution in [0.1, 0.15) is 43.5 Å². The first-order chi connectivity index (χ1) is 16.8. The molecule has 35 heavy (non-hydrogen) atoms. The van der Waals surface area contributed by atoms with E-state index in [1.54, 1.807) is 48.5 Å². The zero-order chi connectivity index (χ0) is 25.1. The summed E-state index contributed by atoms with van der Waals surface area (Å²) in [4.78, 5) is 27.9. The minimum Gasteiger partial charge on any atom is -0.508 e. The van der Waals surface area contributed by atoms with E-state index in [4.69, 9.17) is 4.74 Å². The third-order valence-corrected chi connectivity index (χ3v) is 5.96. The van der Waals surface area contributed by atoms with Gasteiger partial charge in [-0.3, -0.25) is 14.5 Å². The van der Waals surface area contributed by atoms with Crippen molar-refractivity contribution in [2.24, 2.45) is 5.92 Å². The first kappa shape index (κ1) is 24.1. The molecule has 0 radical (unpaired) electrons. The van der Waals surface area contributed by atoms with Gasteiger partial charge >= 0.3 is 0 Å². The van der Waals surface area contributed by atoms with Crippen LogP contribution in [0.4, 0.5) is 5.69 Å². The molecule has 180 valence electrons. The lowest BCUT2D eigenvalue weighted by Crippen LogP contribution is -2.29. The predicted octanol–water partition coefficient (Wildman–Crippen LogP) is 5.62. The van der Waals surface area contributed by atoms with Crippen LogP contribution in [0.5, 0.6) is 11.5 Å². The average Bonchev–Trinajstić information content (AvgIpc) is 3.13. The molecule has 1 fully saturated rings. The van der Waals surface area contributed by atoms with Gasteiger partial charge in [-0.15, -0.1) is 0 Å². The monoisotopic (exact) mass is 471 g/mol. The average molecular weight is 472 g/mol. The Bertz CT molecular complexity index is 1260. The first-order valence-electron chi connectivity index (χ1n) is 11.7. The first-order valence-corrected chi connectivity index (χ1v) is 11.7. The Kier molecular flexibility index (Phi) is 6.92. The lowest BCUT2D eigenvalue weighted by Gasteiger charge is -2.25. The summed E-state index contributed by atoms with van der Waals surface area (Å²) in [5.74, 6) is -0.762. The number of aromatic hydroxyl groups is 1. The number of ketones is 1. The number of ether oxygens (including phenoxy) is 1. The normalized spacial score (nSPS) is 17.3. The van der Waals surface area contributed by atoms with Crippen molar-refractivity contribution in [2.75, 3.05) is 11.5 Å². The van der Waals surface area contributed by atoms with Crippen molar-refractivity contribution in [1.82, 2.24) is 0 Å². The smallest absolute Gasteiger partial charge is 0.300 e. The molecule has 6 heteroatoms. The third-order valence-electron chi connectivity index (χ3n) is 5.96. The lowest BCUT2D eigenvalue weighted by molar-refractivity contribution is -0.132. The molecule has 2 N–H and O–H groups in total. The molecular weight excluding hydrogens is 442 g/mol. The van der Waals surface area contributed by atoms with E-state index in [1.165, 1.54) is 17.0 Å². The van der Waals surface area contributed by atoms with Crippen molar-refractivity contribution in [1.29, 1.82) is 0 Å². The van der Waals surface area contributed by atoms with Crippen LogP contribution in [0, 0.1) is 5.92 Å². The number of hydrogen-bond acceptors (Lipinski definition) is 5. The number of carbonyl (C=O) groups is 2. The second-order valence-electron chi connectivity index (χ2n) is 9.01. The molecule has 1 atom stereocenters. The Morgan fingerprint density at radius 3 is 2.29 bits per heavy atom. The highest BCUT2D eigenvalue weighted by Crippen LogP contribution is 2.43. The van der Waals surface area contributed by atoms with Crippen molar-refractivity contribution in [3.63, 3.8) is 0 Å². The number of carbonyl (C=O) groups excluding carboxylic acids is 2. The number of nitrogens with zero attached hydrogens (tertiary/aromatic N) is 1. The molecule has 1 aliphatic heterocycles. The van der Waals surface area contributed by atoms with Crippen LogP contribution < -0.4 is 9.64 Å². The highest BCUT2D eigenvalue weighted by Gasteiger charge is 2.47. The van der Waals surface area contributed by atoms with Crippen molar-refractivity contribution in [3.05, 3.63) is 95.1 Å². The highest BCUT2D eigenvalue weighted by molar-refractivity contribution is 6.51. The zero-order valence-electron chi connectivity index (χ0n) is 20.1. The Labute approximate surface area is 205 Å². The second-order valence-corrected chi connectivity index (χ2v) is 9.01. The Morgan fingerprint density at radius 1 is 1.00 bits per heavy atom. The molecule has 1 amide bonds. The molecule has 0 aliphatic carbocycles. The predicted molar refractivity (Wildman–Crippen MR) is 135 cm³/mol. The molecule has 0 spiro atoms. The summed E-state index contributed by atoms with van der Waals surface area (Å²) < 4.78 is 5.74. The molecule has 3 aromatic carbocycles. The molecule has 0 bridgehead atoms. The van der Waals surface area contributed by atoms with Gasteiger partial charge in [0.05, 0.1) is 18.2 Å². The summed E-state index contributed by atoms with van der Waals surface area (Å²) in [6, 6.07) is 19.6. The summed E-state index contributed by atoms with van der Waals surface area (Å²) >= 11 is 0. The van der Waals surface area contributed by atoms with Crippen molar-refractivity contribution >= 4 is 23.1 Å². The van der Waals surface area contributed by atoms with Crippen molar-refractivity contribution < 1.29 is 24.5 Å². The highest BCUT2D eigenvalue weighted by atomic mass is 16.5. The molecule has 3 aromatic rings. The summed E-state index contributed by atoms with van der Waals surface area (Å²) in [5, 5.41) is 21.3. The quantitative estimate of drug-likeness (QED) is 0.265. The van der Waals surface area contributed by atoms with Gasteiger partial charge in [0.25, 0.3) is 11.7 Å². The molecule has 1 unspecified atom stereocenters. The molecule has 0 aromatic heterocycles. The summed E-state index contributed by atoms with van der Waals surface area (Å²) in [5.41, 5.74) is 2.51. The molecule has 4 rings (SSSR count). The van der Waals surface area contributed by atoms with E-state index in [-0.39, 0.29) is 17.1 Å². The van der Waals surface area contributed by atoms with Crippen LogP contribution in [0.25, 0.3) is 5.76 Å². The number of amides is 1. The Hall–Kier alpha value is -4.06. The van der Waals surface area contributed by atoms with Gasteiger partial charge in [-0.05, 0) is 59.9 Å². The van der Waals surface area contributed by atoms with Gasteiger partial charge in [0.15, 0.2) is 0 Å². The van der Waals surface area contributed by atoms with Crippen molar-refractivity contribution in [3.8, 4) is 11.5 Å². The Balaban J connectivity index is 1.81. The van der Waals surface area contributed by atoms with E-state index in [0.717, 1.165) is 12.0 Å². The number of aliphatic hydroxyl groups is 1. The summed E-state index contributed by atoms with van der Waals surface area (Å²) in [7, 11) is 0. The number of phenolic OH excluding ortho intramolecular Hbond substituents is 1. The topological polar surface area (TPSA) is 87.1 Å². The van der Waals surface area contributed by atoms with E-state index in [0.29, 0.717) is 35.1 Å². The molecule has 0 saturated carbocycles. The number of rotatable bonds is 7. The van der Waals surface area contributed by atoms with E-state index in [2.05, 4.69) is 13.8 Å². The van der Waals surface area contributed by atoms with E-state index in [9.17, 15) is 19.8 Å². The van der Waals surface area contributed by atoms with Crippen LogP contribution in [0.15, 0.2) is 78.4 Å². The van der Waals surface area contributed by atoms with Crippen LogP contribution in [0.3, 0.4) is 0 Å². The minimum absolute atomic E-state index is 0.00202. The molecule has 1 saturated heterocycles. The molecular formula is C29H29NO5. The van der Waals surface area contributed by atoms with Crippen LogP contribution >= 0.6 is 0 Å². The van der Waals surface area contributed by atoms with Gasteiger partial charge in [-0.1, -0.05) is 57.2 Å². The number of aryl methyl sites for hydroxylation is 1. The number of anilines is 1. The maximum Gasteiger partial charge on any atom is 0.300 e. The Morgan fingerprint density at radius 2 is 1.69 bits per heavy atom. The number of hydrogen-bond donors (Lipinski definition) is 2. The maximum absolute atomic E-state index is 13.3. The van der Waals surface area contributed by atoms with Gasteiger partial charge in [-0.2, -0.15) is 0 Å². The third kappa shape index (κ3) is 4.92. The fourth-order valence-corrected chi connectivity index (χ4v) is 4.13. The standard InChI is InChI=1S/C29H29NO5/c1-4-19-8-10-20(11-9-19)27(32)25-26(21-6-5-7-23(31)16-21)30(29(34)28(25)33)22-12-14-24(15-13-22)35-17-18(2)3/h5-16,18,26,31-32H,4,17H2,1-3H3/b27-25-. The van der Waals surface area contributed by atoms with Gasteiger partial charge in [0, 0.05) is 11.3 Å². The molecule has 1 aliphatic rings. The van der Waals surface area contributed by atoms with E-state index in [1.807, 2.05) is 19.1 Å². The van der Waals surface area contributed by atoms with Gasteiger partial charge < -0.3 is 14.9 Å².